The minimum Gasteiger partial charge on any atom is -0.340 e. The molecule has 0 saturated carbocycles. The lowest BCUT2D eigenvalue weighted by molar-refractivity contribution is -0.132. The van der Waals surface area contributed by atoms with Crippen molar-refractivity contribution in [1.82, 2.24) is 14.8 Å². The van der Waals surface area contributed by atoms with Crippen LogP contribution in [0.2, 0.25) is 5.02 Å². The van der Waals surface area contributed by atoms with Gasteiger partial charge in [0, 0.05) is 54.9 Å². The second-order valence-corrected chi connectivity index (χ2v) is 7.77. The van der Waals surface area contributed by atoms with Gasteiger partial charge in [-0.1, -0.05) is 48.0 Å². The predicted molar refractivity (Wildman–Crippen MR) is 113 cm³/mol. The number of carbonyl (C=O) groups excluding carboxylic acids is 1. The zero-order valence-electron chi connectivity index (χ0n) is 16.1. The van der Waals surface area contributed by atoms with Crippen LogP contribution in [0.3, 0.4) is 0 Å². The quantitative estimate of drug-likeness (QED) is 0.670. The van der Waals surface area contributed by atoms with Gasteiger partial charge in [-0.05, 0) is 30.2 Å². The van der Waals surface area contributed by atoms with Crippen molar-refractivity contribution in [3.63, 3.8) is 0 Å². The second-order valence-electron chi connectivity index (χ2n) is 7.36. The van der Waals surface area contributed by atoms with Gasteiger partial charge in [0.2, 0.25) is 5.91 Å². The van der Waals surface area contributed by atoms with E-state index in [-0.39, 0.29) is 5.91 Å². The summed E-state index contributed by atoms with van der Waals surface area (Å²) in [6, 6.07) is 16.1. The Balaban J connectivity index is 1.39. The van der Waals surface area contributed by atoms with E-state index in [0.717, 1.165) is 59.8 Å². The molecule has 0 unspecified atom stereocenters. The number of pyridine rings is 1. The van der Waals surface area contributed by atoms with Crippen LogP contribution >= 0.6 is 11.6 Å². The summed E-state index contributed by atoms with van der Waals surface area (Å²) in [6.45, 7) is 6.01. The van der Waals surface area contributed by atoms with Crippen LogP contribution in [-0.4, -0.2) is 46.9 Å². The number of hydrogen-bond donors (Lipinski definition) is 0. The molecule has 1 aliphatic rings. The van der Waals surface area contributed by atoms with Crippen LogP contribution < -0.4 is 0 Å². The monoisotopic (exact) mass is 393 g/mol. The Morgan fingerprint density at radius 2 is 1.82 bits per heavy atom. The SMILES string of the molecule is Cc1ccccc1CC(=O)N1CCN(Cc2c(Cl)ccc3cccnc23)CC1. The third-order valence-corrected chi connectivity index (χ3v) is 5.89. The van der Waals surface area contributed by atoms with Crippen molar-refractivity contribution >= 4 is 28.4 Å². The number of carbonyl (C=O) groups is 1. The van der Waals surface area contributed by atoms with Gasteiger partial charge >= 0.3 is 0 Å². The van der Waals surface area contributed by atoms with Crippen molar-refractivity contribution in [3.05, 3.63) is 76.4 Å². The first-order chi connectivity index (χ1) is 13.6. The molecule has 1 amide bonds. The molecule has 0 aliphatic carbocycles. The molecule has 0 radical (unpaired) electrons. The highest BCUT2D eigenvalue weighted by Crippen LogP contribution is 2.26. The lowest BCUT2D eigenvalue weighted by Gasteiger charge is -2.35. The largest absolute Gasteiger partial charge is 0.340 e. The Bertz CT molecular complexity index is 996. The molecule has 1 saturated heterocycles. The molecule has 4 nitrogen and oxygen atoms in total. The van der Waals surface area contributed by atoms with E-state index in [9.17, 15) is 4.79 Å². The third-order valence-electron chi connectivity index (χ3n) is 5.53. The van der Waals surface area contributed by atoms with Crippen LogP contribution in [0.1, 0.15) is 16.7 Å². The van der Waals surface area contributed by atoms with Crippen LogP contribution in [0.15, 0.2) is 54.7 Å². The molecule has 4 rings (SSSR count). The van der Waals surface area contributed by atoms with E-state index in [1.807, 2.05) is 47.5 Å². The number of aromatic nitrogens is 1. The molecular formula is C23H24ClN3O. The average Bonchev–Trinajstić information content (AvgIpc) is 2.72. The summed E-state index contributed by atoms with van der Waals surface area (Å²) in [4.78, 5) is 21.6. The first-order valence-electron chi connectivity index (χ1n) is 9.68. The fraction of sp³-hybridized carbons (Fsp3) is 0.304. The first-order valence-corrected chi connectivity index (χ1v) is 10.1. The van der Waals surface area contributed by atoms with Crippen molar-refractivity contribution < 1.29 is 4.79 Å². The fourth-order valence-corrected chi connectivity index (χ4v) is 4.01. The van der Waals surface area contributed by atoms with E-state index < -0.39 is 0 Å². The number of rotatable bonds is 4. The highest BCUT2D eigenvalue weighted by Gasteiger charge is 2.22. The molecule has 0 atom stereocenters. The van der Waals surface area contributed by atoms with Gasteiger partial charge in [0.15, 0.2) is 0 Å². The summed E-state index contributed by atoms with van der Waals surface area (Å²) in [5.74, 6) is 0.207. The third kappa shape index (κ3) is 4.03. The van der Waals surface area contributed by atoms with Crippen LogP contribution in [0.25, 0.3) is 10.9 Å². The minimum absolute atomic E-state index is 0.207. The standard InChI is InChI=1S/C23H24ClN3O/c1-17-5-2-3-6-19(17)15-22(28)27-13-11-26(12-14-27)16-20-21(24)9-8-18-7-4-10-25-23(18)20/h2-10H,11-16H2,1H3. The maximum absolute atomic E-state index is 12.7. The summed E-state index contributed by atoms with van der Waals surface area (Å²) in [7, 11) is 0. The number of benzene rings is 2. The average molecular weight is 394 g/mol. The van der Waals surface area contributed by atoms with E-state index in [4.69, 9.17) is 11.6 Å². The van der Waals surface area contributed by atoms with E-state index in [0.29, 0.717) is 6.42 Å². The maximum atomic E-state index is 12.7. The molecule has 0 bridgehead atoms. The number of nitrogens with zero attached hydrogens (tertiary/aromatic N) is 3. The summed E-state index contributed by atoms with van der Waals surface area (Å²) >= 11 is 6.48. The van der Waals surface area contributed by atoms with Crippen molar-refractivity contribution in [2.24, 2.45) is 0 Å². The molecule has 5 heteroatoms. The molecule has 2 heterocycles. The number of hydrogen-bond acceptors (Lipinski definition) is 3. The molecule has 144 valence electrons. The van der Waals surface area contributed by atoms with Gasteiger partial charge in [-0.25, -0.2) is 0 Å². The molecular weight excluding hydrogens is 370 g/mol. The highest BCUT2D eigenvalue weighted by molar-refractivity contribution is 6.32. The van der Waals surface area contributed by atoms with Crippen molar-refractivity contribution in [3.8, 4) is 0 Å². The molecule has 28 heavy (non-hydrogen) atoms. The summed E-state index contributed by atoms with van der Waals surface area (Å²) in [6.07, 6.45) is 2.29. The Morgan fingerprint density at radius 1 is 1.04 bits per heavy atom. The number of halogens is 1. The first kappa shape index (κ1) is 18.9. The Labute approximate surface area is 170 Å². The fourth-order valence-electron chi connectivity index (χ4n) is 3.79. The van der Waals surface area contributed by atoms with E-state index in [2.05, 4.69) is 28.9 Å². The van der Waals surface area contributed by atoms with Gasteiger partial charge in [0.25, 0.3) is 0 Å². The molecule has 1 fully saturated rings. The highest BCUT2D eigenvalue weighted by atomic mass is 35.5. The summed E-state index contributed by atoms with van der Waals surface area (Å²) in [5.41, 5.74) is 4.32. The number of piperazine rings is 1. The number of aryl methyl sites for hydroxylation is 1. The van der Waals surface area contributed by atoms with Gasteiger partial charge in [-0.15, -0.1) is 0 Å². The lowest BCUT2D eigenvalue weighted by Crippen LogP contribution is -2.48. The molecule has 1 aromatic heterocycles. The number of amides is 1. The van der Waals surface area contributed by atoms with Gasteiger partial charge < -0.3 is 4.90 Å². The van der Waals surface area contributed by atoms with Crippen molar-refractivity contribution in [2.75, 3.05) is 26.2 Å². The van der Waals surface area contributed by atoms with E-state index in [1.54, 1.807) is 0 Å². The maximum Gasteiger partial charge on any atom is 0.227 e. The van der Waals surface area contributed by atoms with Gasteiger partial charge in [-0.2, -0.15) is 0 Å². The molecule has 0 N–H and O–H groups in total. The molecule has 3 aromatic rings. The Hall–Kier alpha value is -2.43. The summed E-state index contributed by atoms with van der Waals surface area (Å²) in [5, 5.41) is 1.86. The van der Waals surface area contributed by atoms with Crippen LogP contribution in [-0.2, 0) is 17.8 Å². The Morgan fingerprint density at radius 3 is 2.61 bits per heavy atom. The molecule has 0 spiro atoms. The van der Waals surface area contributed by atoms with Crippen LogP contribution in [0, 0.1) is 6.92 Å². The van der Waals surface area contributed by atoms with Crippen molar-refractivity contribution in [2.45, 2.75) is 19.9 Å². The lowest BCUT2D eigenvalue weighted by atomic mass is 10.0. The smallest absolute Gasteiger partial charge is 0.227 e. The molecule has 1 aliphatic heterocycles. The van der Waals surface area contributed by atoms with E-state index >= 15 is 0 Å². The van der Waals surface area contributed by atoms with Gasteiger partial charge in [0.1, 0.15) is 0 Å². The second kappa shape index (κ2) is 8.29. The van der Waals surface area contributed by atoms with Crippen LogP contribution in [0.5, 0.6) is 0 Å². The topological polar surface area (TPSA) is 36.4 Å². The minimum atomic E-state index is 0.207. The predicted octanol–water partition coefficient (Wildman–Crippen LogP) is 4.08. The molecule has 2 aromatic carbocycles. The van der Waals surface area contributed by atoms with Crippen LogP contribution in [0.4, 0.5) is 0 Å². The van der Waals surface area contributed by atoms with Gasteiger partial charge in [-0.3, -0.25) is 14.7 Å². The zero-order valence-corrected chi connectivity index (χ0v) is 16.8. The Kier molecular flexibility index (Phi) is 5.60. The normalized spacial score (nSPS) is 15.1. The van der Waals surface area contributed by atoms with E-state index in [1.165, 1.54) is 5.56 Å². The zero-order chi connectivity index (χ0) is 19.5. The van der Waals surface area contributed by atoms with Gasteiger partial charge in [0.05, 0.1) is 11.9 Å². The number of fused-ring (bicyclic) bond motifs is 1. The van der Waals surface area contributed by atoms with Crippen molar-refractivity contribution in [1.29, 1.82) is 0 Å². The summed E-state index contributed by atoms with van der Waals surface area (Å²) < 4.78 is 0.